The number of nitrogens with zero attached hydrogens (tertiary/aromatic N) is 1. The van der Waals surface area contributed by atoms with Crippen molar-refractivity contribution in [2.45, 2.75) is 6.04 Å². The minimum absolute atomic E-state index is 0.276. The van der Waals surface area contributed by atoms with Gasteiger partial charge in [0.05, 0.1) is 7.11 Å². The molecule has 0 aliphatic heterocycles. The van der Waals surface area contributed by atoms with Gasteiger partial charge in [0.1, 0.15) is 6.04 Å². The highest BCUT2D eigenvalue weighted by Crippen LogP contribution is 2.21. The number of hydrogen-bond acceptors (Lipinski definition) is 3. The Kier molecular flexibility index (Phi) is 4.12. The van der Waals surface area contributed by atoms with Crippen molar-refractivity contribution in [2.24, 2.45) is 0 Å². The van der Waals surface area contributed by atoms with E-state index in [-0.39, 0.29) is 12.0 Å². The van der Waals surface area contributed by atoms with Crippen LogP contribution in [-0.2, 0) is 9.53 Å². The van der Waals surface area contributed by atoms with E-state index in [0.717, 1.165) is 5.56 Å². The summed E-state index contributed by atoms with van der Waals surface area (Å²) < 4.78 is 4.74. The second-order valence-corrected chi connectivity index (χ2v) is 3.88. The van der Waals surface area contributed by atoms with Gasteiger partial charge in [-0.2, -0.15) is 0 Å². The smallest absolute Gasteiger partial charge is 0.327 e. The molecule has 3 nitrogen and oxygen atoms in total. The predicted octanol–water partition coefficient (Wildman–Crippen LogP) is 2.12. The maximum atomic E-state index is 11.5. The van der Waals surface area contributed by atoms with E-state index in [1.807, 2.05) is 26.2 Å². The summed E-state index contributed by atoms with van der Waals surface area (Å²) in [5.41, 5.74) is 0.872. The maximum absolute atomic E-state index is 11.5. The van der Waals surface area contributed by atoms with Gasteiger partial charge in [-0.3, -0.25) is 4.90 Å². The zero-order chi connectivity index (χ0) is 11.4. The molecule has 0 spiro atoms. The first-order valence-electron chi connectivity index (χ1n) is 4.56. The van der Waals surface area contributed by atoms with Crippen LogP contribution in [0.15, 0.2) is 24.3 Å². The molecule has 4 heteroatoms. The molecule has 82 valence electrons. The van der Waals surface area contributed by atoms with Crippen LogP contribution < -0.4 is 0 Å². The number of benzene rings is 1. The van der Waals surface area contributed by atoms with E-state index in [1.54, 1.807) is 17.0 Å². The Morgan fingerprint density at radius 1 is 1.33 bits per heavy atom. The van der Waals surface area contributed by atoms with Gasteiger partial charge in [0.2, 0.25) is 0 Å². The molecule has 0 amide bonds. The number of methoxy groups -OCH3 is 1. The van der Waals surface area contributed by atoms with Gasteiger partial charge in [0.15, 0.2) is 0 Å². The van der Waals surface area contributed by atoms with Crippen LogP contribution in [0, 0.1) is 0 Å². The lowest BCUT2D eigenvalue weighted by molar-refractivity contribution is -0.146. The van der Waals surface area contributed by atoms with Crippen molar-refractivity contribution in [3.63, 3.8) is 0 Å². The zero-order valence-corrected chi connectivity index (χ0v) is 9.78. The van der Waals surface area contributed by atoms with Crippen molar-refractivity contribution in [1.29, 1.82) is 0 Å². The highest BCUT2D eigenvalue weighted by molar-refractivity contribution is 6.30. The quantitative estimate of drug-likeness (QED) is 0.741. The first kappa shape index (κ1) is 12.0. The van der Waals surface area contributed by atoms with Crippen molar-refractivity contribution in [3.8, 4) is 0 Å². The Hall–Kier alpha value is -1.06. The zero-order valence-electron chi connectivity index (χ0n) is 9.03. The molecule has 0 saturated heterocycles. The molecule has 0 N–H and O–H groups in total. The molecule has 0 radical (unpaired) electrons. The van der Waals surface area contributed by atoms with Crippen molar-refractivity contribution < 1.29 is 9.53 Å². The molecule has 0 aromatic heterocycles. The Labute approximate surface area is 94.6 Å². The van der Waals surface area contributed by atoms with Gasteiger partial charge in [-0.25, -0.2) is 4.79 Å². The van der Waals surface area contributed by atoms with Crippen LogP contribution >= 0.6 is 11.6 Å². The minimum Gasteiger partial charge on any atom is -0.468 e. The van der Waals surface area contributed by atoms with Crippen LogP contribution in [0.3, 0.4) is 0 Å². The van der Waals surface area contributed by atoms with Crippen molar-refractivity contribution >= 4 is 17.6 Å². The molecule has 0 aliphatic rings. The van der Waals surface area contributed by atoms with Crippen LogP contribution in [0.4, 0.5) is 0 Å². The van der Waals surface area contributed by atoms with Gasteiger partial charge in [-0.1, -0.05) is 23.7 Å². The lowest BCUT2D eigenvalue weighted by Gasteiger charge is -2.21. The number of hydrogen-bond donors (Lipinski definition) is 0. The number of carbonyl (C=O) groups is 1. The highest BCUT2D eigenvalue weighted by atomic mass is 35.5. The Bertz CT molecular complexity index is 335. The number of carbonyl (C=O) groups excluding carboxylic acids is 1. The summed E-state index contributed by atoms with van der Waals surface area (Å²) in [5, 5.41) is 0.654. The number of rotatable bonds is 3. The molecule has 1 aromatic rings. The van der Waals surface area contributed by atoms with Crippen LogP contribution in [0.2, 0.25) is 5.02 Å². The number of ether oxygens (including phenoxy) is 1. The Balaban J connectivity index is 2.99. The summed E-state index contributed by atoms with van der Waals surface area (Å²) in [6, 6.07) is 6.78. The van der Waals surface area contributed by atoms with Crippen molar-refractivity contribution in [2.75, 3.05) is 21.2 Å². The van der Waals surface area contributed by atoms with Crippen molar-refractivity contribution in [3.05, 3.63) is 34.9 Å². The molecule has 0 aliphatic carbocycles. The standard InChI is InChI=1S/C11H14ClNO2/c1-13(2)10(11(14)15-3)8-4-6-9(12)7-5-8/h4-7,10H,1-3H3. The summed E-state index contributed by atoms with van der Waals surface area (Å²) >= 11 is 5.78. The SMILES string of the molecule is COC(=O)C(c1ccc(Cl)cc1)N(C)C. The normalized spacial score (nSPS) is 12.6. The molecule has 1 rings (SSSR count). The maximum Gasteiger partial charge on any atom is 0.327 e. The molecule has 0 fully saturated rings. The van der Waals surface area contributed by atoms with Crippen LogP contribution in [-0.4, -0.2) is 32.1 Å². The largest absolute Gasteiger partial charge is 0.468 e. The van der Waals surface area contributed by atoms with E-state index in [0.29, 0.717) is 5.02 Å². The van der Waals surface area contributed by atoms with E-state index < -0.39 is 0 Å². The summed E-state index contributed by atoms with van der Waals surface area (Å²) in [6.07, 6.45) is 0. The molecule has 0 bridgehead atoms. The molecule has 1 unspecified atom stereocenters. The summed E-state index contributed by atoms with van der Waals surface area (Å²) in [7, 11) is 5.04. The fourth-order valence-corrected chi connectivity index (χ4v) is 1.53. The number of esters is 1. The molecular weight excluding hydrogens is 214 g/mol. The first-order valence-corrected chi connectivity index (χ1v) is 4.93. The average Bonchev–Trinajstić information content (AvgIpc) is 2.20. The molecule has 0 saturated carbocycles. The van der Waals surface area contributed by atoms with E-state index in [1.165, 1.54) is 7.11 Å². The molecule has 15 heavy (non-hydrogen) atoms. The third kappa shape index (κ3) is 2.94. The summed E-state index contributed by atoms with van der Waals surface area (Å²) in [4.78, 5) is 13.3. The Morgan fingerprint density at radius 3 is 2.27 bits per heavy atom. The predicted molar refractivity (Wildman–Crippen MR) is 59.9 cm³/mol. The van der Waals surface area contributed by atoms with E-state index >= 15 is 0 Å². The van der Waals surface area contributed by atoms with E-state index in [2.05, 4.69) is 0 Å². The van der Waals surface area contributed by atoms with Crippen LogP contribution in [0.1, 0.15) is 11.6 Å². The molecule has 1 atom stereocenters. The lowest BCUT2D eigenvalue weighted by Crippen LogP contribution is -2.28. The topological polar surface area (TPSA) is 29.5 Å². The van der Waals surface area contributed by atoms with Gasteiger partial charge in [0.25, 0.3) is 0 Å². The van der Waals surface area contributed by atoms with Gasteiger partial charge in [-0.05, 0) is 31.8 Å². The third-order valence-electron chi connectivity index (χ3n) is 2.13. The van der Waals surface area contributed by atoms with Crippen LogP contribution in [0.5, 0.6) is 0 Å². The van der Waals surface area contributed by atoms with Gasteiger partial charge in [-0.15, -0.1) is 0 Å². The summed E-state index contributed by atoms with van der Waals surface area (Å²) in [6.45, 7) is 0. The lowest BCUT2D eigenvalue weighted by atomic mass is 10.1. The van der Waals surface area contributed by atoms with Gasteiger partial charge in [0, 0.05) is 5.02 Å². The summed E-state index contributed by atoms with van der Waals surface area (Å²) in [5.74, 6) is -0.276. The molecule has 1 aromatic carbocycles. The fourth-order valence-electron chi connectivity index (χ4n) is 1.40. The van der Waals surface area contributed by atoms with Gasteiger partial charge >= 0.3 is 5.97 Å². The van der Waals surface area contributed by atoms with Crippen LogP contribution in [0.25, 0.3) is 0 Å². The number of likely N-dealkylation sites (N-methyl/N-ethyl adjacent to an activating group) is 1. The second-order valence-electron chi connectivity index (χ2n) is 3.44. The number of halogens is 1. The first-order chi connectivity index (χ1) is 7.06. The monoisotopic (exact) mass is 227 g/mol. The molecule has 0 heterocycles. The fraction of sp³-hybridized carbons (Fsp3) is 0.364. The third-order valence-corrected chi connectivity index (χ3v) is 2.38. The second kappa shape index (κ2) is 5.14. The average molecular weight is 228 g/mol. The highest BCUT2D eigenvalue weighted by Gasteiger charge is 2.23. The molecular formula is C11H14ClNO2. The van der Waals surface area contributed by atoms with E-state index in [4.69, 9.17) is 16.3 Å². The Morgan fingerprint density at radius 2 is 1.87 bits per heavy atom. The van der Waals surface area contributed by atoms with Gasteiger partial charge < -0.3 is 4.74 Å². The van der Waals surface area contributed by atoms with E-state index in [9.17, 15) is 4.79 Å². The van der Waals surface area contributed by atoms with Crippen molar-refractivity contribution in [1.82, 2.24) is 4.90 Å². The minimum atomic E-state index is -0.382.